The van der Waals surface area contributed by atoms with Gasteiger partial charge in [-0.3, -0.25) is 0 Å². The number of nitrogens with zero attached hydrogens (tertiary/aromatic N) is 2. The molecule has 0 amide bonds. The van der Waals surface area contributed by atoms with E-state index in [9.17, 15) is 9.50 Å². The number of phenols is 1. The molecule has 0 saturated carbocycles. The maximum Gasteiger partial charge on any atom is 0.165 e. The molecule has 1 aliphatic rings. The molecule has 222 valence electrons. The zero-order chi connectivity index (χ0) is 30.0. The lowest BCUT2D eigenvalue weighted by atomic mass is 9.92. The molecule has 0 heterocycles. The lowest BCUT2D eigenvalue weighted by Gasteiger charge is -2.24. The van der Waals surface area contributed by atoms with Crippen LogP contribution in [0.3, 0.4) is 0 Å². The highest BCUT2D eigenvalue weighted by Crippen LogP contribution is 2.25. The van der Waals surface area contributed by atoms with Gasteiger partial charge in [0.2, 0.25) is 0 Å². The molecule has 3 aromatic carbocycles. The summed E-state index contributed by atoms with van der Waals surface area (Å²) in [6.45, 7) is 8.02. The first-order valence-corrected chi connectivity index (χ1v) is 14.6. The Bertz CT molecular complexity index is 1200. The van der Waals surface area contributed by atoms with Gasteiger partial charge in [0.25, 0.3) is 0 Å². The summed E-state index contributed by atoms with van der Waals surface area (Å²) in [5, 5.41) is 9.19. The minimum atomic E-state index is -0.310. The van der Waals surface area contributed by atoms with Crippen molar-refractivity contribution in [2.45, 2.75) is 58.9 Å². The number of aromatic hydroxyl groups is 1. The van der Waals surface area contributed by atoms with E-state index in [0.717, 1.165) is 43.1 Å². The van der Waals surface area contributed by atoms with E-state index in [1.165, 1.54) is 43.2 Å². The fourth-order valence-electron chi connectivity index (χ4n) is 4.74. The Labute approximate surface area is 246 Å². The average molecular weight is 563 g/mol. The summed E-state index contributed by atoms with van der Waals surface area (Å²) < 4.78 is 25.4. The fourth-order valence-corrected chi connectivity index (χ4v) is 4.74. The van der Waals surface area contributed by atoms with Crippen molar-refractivity contribution >= 4 is 5.69 Å². The quantitative estimate of drug-likeness (QED) is 0.232. The Balaban J connectivity index is 0.000000372. The molecule has 1 aliphatic carbocycles. The fraction of sp³-hybridized carbons (Fsp3) is 0.429. The van der Waals surface area contributed by atoms with Crippen LogP contribution in [0.5, 0.6) is 17.2 Å². The van der Waals surface area contributed by atoms with Crippen LogP contribution in [0.1, 0.15) is 56.2 Å². The van der Waals surface area contributed by atoms with Crippen LogP contribution < -0.4 is 14.4 Å². The van der Waals surface area contributed by atoms with Gasteiger partial charge < -0.3 is 24.4 Å². The number of unbranched alkanes of at least 4 members (excludes halogenated alkanes) is 1. The van der Waals surface area contributed by atoms with Crippen LogP contribution in [0, 0.1) is 18.7 Å². The van der Waals surface area contributed by atoms with Crippen LogP contribution in [0.2, 0.25) is 0 Å². The number of rotatable bonds is 12. The third kappa shape index (κ3) is 11.4. The molecule has 0 radical (unpaired) electrons. The summed E-state index contributed by atoms with van der Waals surface area (Å²) in [4.78, 5) is 4.39. The molecule has 0 fully saturated rings. The van der Waals surface area contributed by atoms with E-state index < -0.39 is 0 Å². The highest BCUT2D eigenvalue weighted by Gasteiger charge is 2.11. The third-order valence-corrected chi connectivity index (χ3v) is 7.13. The molecule has 3 aromatic rings. The number of anilines is 1. The zero-order valence-corrected chi connectivity index (χ0v) is 25.2. The van der Waals surface area contributed by atoms with Gasteiger partial charge in [-0.25, -0.2) is 4.39 Å². The molecule has 5 nitrogen and oxygen atoms in total. The van der Waals surface area contributed by atoms with Crippen LogP contribution in [0.15, 0.2) is 60.7 Å². The minimum Gasteiger partial charge on any atom is -0.508 e. The van der Waals surface area contributed by atoms with Gasteiger partial charge in [-0.15, -0.1) is 12.8 Å². The number of hydrogen-bond donors (Lipinski definition) is 1. The SMILES string of the molecule is C#C.CCCCN(C)CCOc1ccc(CN(CC)c2cccc(OC)c2)cc1F.Oc1ccc2c(c1)CCCC2. The normalized spacial score (nSPS) is 11.8. The summed E-state index contributed by atoms with van der Waals surface area (Å²) in [5.41, 5.74) is 4.73. The number of fused-ring (bicyclic) bond motifs is 1. The lowest BCUT2D eigenvalue weighted by molar-refractivity contribution is 0.229. The summed E-state index contributed by atoms with van der Waals surface area (Å²) >= 11 is 0. The van der Waals surface area contributed by atoms with Crippen molar-refractivity contribution in [2.75, 3.05) is 45.3 Å². The van der Waals surface area contributed by atoms with Gasteiger partial charge >= 0.3 is 0 Å². The molecule has 0 atom stereocenters. The van der Waals surface area contributed by atoms with Crippen molar-refractivity contribution in [3.05, 3.63) is 83.2 Å². The van der Waals surface area contributed by atoms with Crippen molar-refractivity contribution in [3.63, 3.8) is 0 Å². The van der Waals surface area contributed by atoms with E-state index in [-0.39, 0.29) is 5.82 Å². The number of terminal acetylenes is 1. The van der Waals surface area contributed by atoms with E-state index in [1.54, 1.807) is 25.3 Å². The Hall–Kier alpha value is -3.69. The van der Waals surface area contributed by atoms with Crippen molar-refractivity contribution in [2.24, 2.45) is 0 Å². The topological polar surface area (TPSA) is 45.2 Å². The number of ether oxygens (including phenoxy) is 2. The first-order chi connectivity index (χ1) is 19.9. The van der Waals surface area contributed by atoms with Crippen molar-refractivity contribution in [3.8, 4) is 30.1 Å². The van der Waals surface area contributed by atoms with E-state index >= 15 is 0 Å². The van der Waals surface area contributed by atoms with Crippen molar-refractivity contribution < 1.29 is 19.0 Å². The monoisotopic (exact) mass is 562 g/mol. The van der Waals surface area contributed by atoms with Crippen LogP contribution in [0.25, 0.3) is 0 Å². The van der Waals surface area contributed by atoms with E-state index in [4.69, 9.17) is 9.47 Å². The van der Waals surface area contributed by atoms with Crippen LogP contribution >= 0.6 is 0 Å². The molecule has 0 saturated heterocycles. The van der Waals surface area contributed by atoms with Gasteiger partial charge in [-0.1, -0.05) is 31.5 Å². The average Bonchev–Trinajstić information content (AvgIpc) is 3.01. The number of benzene rings is 3. The highest BCUT2D eigenvalue weighted by molar-refractivity contribution is 5.51. The van der Waals surface area contributed by atoms with E-state index in [2.05, 4.69) is 43.5 Å². The molecule has 6 heteroatoms. The highest BCUT2D eigenvalue weighted by atomic mass is 19.1. The molecule has 1 N–H and O–H groups in total. The summed E-state index contributed by atoms with van der Waals surface area (Å²) in [5.74, 6) is 1.23. The molecule has 0 bridgehead atoms. The van der Waals surface area contributed by atoms with Crippen LogP contribution in [-0.2, 0) is 19.4 Å². The minimum absolute atomic E-state index is 0.310. The maximum absolute atomic E-state index is 14.5. The molecule has 0 spiro atoms. The second kappa shape index (κ2) is 18.6. The van der Waals surface area contributed by atoms with Gasteiger partial charge in [0.1, 0.15) is 18.1 Å². The van der Waals surface area contributed by atoms with Crippen molar-refractivity contribution in [1.82, 2.24) is 4.90 Å². The molecule has 0 aromatic heterocycles. The Morgan fingerprint density at radius 2 is 1.68 bits per heavy atom. The first kappa shape index (κ1) is 33.5. The van der Waals surface area contributed by atoms with Gasteiger partial charge in [-0.2, -0.15) is 0 Å². The Kier molecular flexibility index (Phi) is 15.2. The predicted octanol–water partition coefficient (Wildman–Crippen LogP) is 7.49. The standard InChI is InChI=1S/C23H33FN2O2.C10H12O.C2H2/c1-5-7-13-25(3)14-15-28-23-12-11-19(16-22(23)24)18-26(6-2)20-9-8-10-21(17-20)27-4;11-10-6-5-8-3-1-2-4-9(8)7-10;1-2/h8-12,16-17H,5-7,13-15,18H2,1-4H3;5-7,11H,1-4H2;1-2H. The van der Waals surface area contributed by atoms with Crippen LogP contribution in [0.4, 0.5) is 10.1 Å². The number of halogens is 1. The van der Waals surface area contributed by atoms with Gasteiger partial charge in [0, 0.05) is 31.4 Å². The summed E-state index contributed by atoms with van der Waals surface area (Å²) in [6.07, 6.45) is 15.3. The molecule has 0 unspecified atom stereocenters. The molecule has 0 aliphatic heterocycles. The smallest absolute Gasteiger partial charge is 0.165 e. The van der Waals surface area contributed by atoms with Gasteiger partial charge in [-0.05, 0) is 106 Å². The second-order valence-corrected chi connectivity index (χ2v) is 10.1. The Morgan fingerprint density at radius 3 is 2.37 bits per heavy atom. The van der Waals surface area contributed by atoms with Gasteiger partial charge in [0.15, 0.2) is 11.6 Å². The first-order valence-electron chi connectivity index (χ1n) is 14.6. The summed E-state index contributed by atoms with van der Waals surface area (Å²) in [7, 11) is 3.72. The molecule has 4 rings (SSSR count). The predicted molar refractivity (Wildman–Crippen MR) is 169 cm³/mol. The zero-order valence-electron chi connectivity index (χ0n) is 25.2. The van der Waals surface area contributed by atoms with Gasteiger partial charge in [0.05, 0.1) is 7.11 Å². The number of phenolic OH excluding ortho intramolecular Hbond substituents is 1. The number of methoxy groups -OCH3 is 1. The largest absolute Gasteiger partial charge is 0.508 e. The van der Waals surface area contributed by atoms with Crippen LogP contribution in [-0.4, -0.2) is 50.4 Å². The van der Waals surface area contributed by atoms with E-state index in [1.807, 2.05) is 42.5 Å². The van der Waals surface area contributed by atoms with Crippen molar-refractivity contribution in [1.29, 1.82) is 0 Å². The number of hydrogen-bond acceptors (Lipinski definition) is 5. The van der Waals surface area contributed by atoms with E-state index in [0.29, 0.717) is 24.7 Å². The molecular formula is C35H47FN2O3. The second-order valence-electron chi connectivity index (χ2n) is 10.1. The number of aryl methyl sites for hydroxylation is 2. The molecule has 41 heavy (non-hydrogen) atoms. The third-order valence-electron chi connectivity index (χ3n) is 7.13. The molecular weight excluding hydrogens is 515 g/mol. The Morgan fingerprint density at radius 1 is 0.927 bits per heavy atom. The summed E-state index contributed by atoms with van der Waals surface area (Å²) in [6, 6.07) is 18.9. The lowest BCUT2D eigenvalue weighted by Crippen LogP contribution is -2.25. The maximum atomic E-state index is 14.5. The number of likely N-dealkylation sites (N-methyl/N-ethyl adjacent to an activating group) is 1.